The van der Waals surface area contributed by atoms with Crippen molar-refractivity contribution < 1.29 is 23.9 Å². The summed E-state index contributed by atoms with van der Waals surface area (Å²) in [5.41, 5.74) is 6.39. The Morgan fingerprint density at radius 2 is 1.36 bits per heavy atom. The smallest absolute Gasteiger partial charge is 0.338 e. The van der Waals surface area contributed by atoms with Crippen LogP contribution in [-0.4, -0.2) is 30.3 Å². The molecule has 4 aliphatic rings. The van der Waals surface area contributed by atoms with Crippen LogP contribution in [0.1, 0.15) is 50.0 Å². The van der Waals surface area contributed by atoms with E-state index < -0.39 is 30.3 Å². The van der Waals surface area contributed by atoms with Crippen LogP contribution in [0.25, 0.3) is 0 Å². The lowest BCUT2D eigenvalue weighted by Crippen LogP contribution is -2.41. The van der Waals surface area contributed by atoms with E-state index >= 15 is 0 Å². The van der Waals surface area contributed by atoms with Crippen LogP contribution < -0.4 is 10.2 Å². The molecule has 8 rings (SSSR count). The minimum absolute atomic E-state index is 0.143. The highest BCUT2D eigenvalue weighted by molar-refractivity contribution is 9.10. The zero-order valence-electron chi connectivity index (χ0n) is 22.5. The third kappa shape index (κ3) is 4.09. The summed E-state index contributed by atoms with van der Waals surface area (Å²) < 4.78 is 6.18. The van der Waals surface area contributed by atoms with E-state index in [2.05, 4.69) is 45.5 Å². The molecule has 42 heavy (non-hydrogen) atoms. The molecule has 0 spiro atoms. The summed E-state index contributed by atoms with van der Waals surface area (Å²) in [6, 6.07) is 27.8. The van der Waals surface area contributed by atoms with Crippen LogP contribution in [-0.2, 0) is 19.1 Å². The molecule has 1 aliphatic heterocycles. The maximum Gasteiger partial charge on any atom is 0.338 e. The Bertz CT molecular complexity index is 1700. The van der Waals surface area contributed by atoms with Gasteiger partial charge in [-0.05, 0) is 71.1 Å². The molecule has 0 radical (unpaired) electrons. The van der Waals surface area contributed by atoms with Crippen molar-refractivity contribution in [1.29, 1.82) is 0 Å². The number of carbonyl (C=O) groups is 4. The molecule has 3 aliphatic carbocycles. The lowest BCUT2D eigenvalue weighted by molar-refractivity contribution is -0.122. The van der Waals surface area contributed by atoms with E-state index in [1.807, 2.05) is 37.3 Å². The molecule has 7 nitrogen and oxygen atoms in total. The summed E-state index contributed by atoms with van der Waals surface area (Å²) in [5.74, 6) is -3.20. The highest BCUT2D eigenvalue weighted by Crippen LogP contribution is 2.61. The number of nitrogens with one attached hydrogen (secondary N) is 1. The molecule has 8 heteroatoms. The Balaban J connectivity index is 1.12. The first-order chi connectivity index (χ1) is 20.3. The van der Waals surface area contributed by atoms with Crippen LogP contribution in [0, 0.1) is 18.8 Å². The van der Waals surface area contributed by atoms with Crippen LogP contribution in [0.4, 0.5) is 11.4 Å². The topological polar surface area (TPSA) is 92.8 Å². The summed E-state index contributed by atoms with van der Waals surface area (Å²) in [4.78, 5) is 54.5. The molecule has 1 fully saturated rings. The van der Waals surface area contributed by atoms with Gasteiger partial charge >= 0.3 is 5.97 Å². The van der Waals surface area contributed by atoms with E-state index in [4.69, 9.17) is 4.74 Å². The van der Waals surface area contributed by atoms with Crippen molar-refractivity contribution in [1.82, 2.24) is 0 Å². The number of aryl methyl sites for hydroxylation is 1. The van der Waals surface area contributed by atoms with Crippen LogP contribution in [0.3, 0.4) is 0 Å². The summed E-state index contributed by atoms with van der Waals surface area (Å²) in [7, 11) is 0. The number of benzene rings is 4. The minimum atomic E-state index is -0.727. The van der Waals surface area contributed by atoms with Gasteiger partial charge in [0, 0.05) is 22.0 Å². The highest BCUT2D eigenvalue weighted by Gasteiger charge is 2.61. The normalized spacial score (nSPS) is 21.4. The lowest BCUT2D eigenvalue weighted by Gasteiger charge is -2.45. The lowest BCUT2D eigenvalue weighted by atomic mass is 9.55. The molecule has 208 valence electrons. The van der Waals surface area contributed by atoms with Crippen molar-refractivity contribution in [3.05, 3.63) is 129 Å². The van der Waals surface area contributed by atoms with Gasteiger partial charge in [0.15, 0.2) is 6.61 Å². The SMILES string of the molecule is Cc1cc(NC(=O)COC(=O)c2cccc(N3C(=O)[C@H]4C5c6ccccc6C(c6ccccc65)[C@@H]4C3=O)c2)ccc1Br. The largest absolute Gasteiger partial charge is 0.452 e. The second-order valence-corrected chi connectivity index (χ2v) is 11.8. The molecule has 1 N–H and O–H groups in total. The Kier molecular flexibility index (Phi) is 6.31. The standard InChI is InChI=1S/C34H25BrN2O5/c1-18-15-20(13-14-26(18)35)36-27(38)17-42-34(41)19-7-6-8-21(16-19)37-32(39)30-28-22-9-2-3-10-23(22)29(31(30)33(37)40)25-12-5-4-11-24(25)28/h2-16,28-31H,17H2,1H3,(H,36,38)/t28?,29?,30-,31-/m0/s1. The van der Waals surface area contributed by atoms with E-state index in [0.29, 0.717) is 11.4 Å². The first kappa shape index (κ1) is 26.3. The number of imide groups is 1. The van der Waals surface area contributed by atoms with E-state index in [9.17, 15) is 19.2 Å². The Labute approximate surface area is 250 Å². The predicted molar refractivity (Wildman–Crippen MR) is 160 cm³/mol. The van der Waals surface area contributed by atoms with Gasteiger partial charge in [-0.25, -0.2) is 9.69 Å². The Morgan fingerprint density at radius 1 is 0.786 bits per heavy atom. The number of hydrogen-bond acceptors (Lipinski definition) is 5. The molecule has 1 heterocycles. The van der Waals surface area contributed by atoms with Gasteiger partial charge in [-0.3, -0.25) is 14.4 Å². The summed E-state index contributed by atoms with van der Waals surface area (Å²) in [5, 5.41) is 2.71. The first-order valence-electron chi connectivity index (χ1n) is 13.7. The van der Waals surface area contributed by atoms with Gasteiger partial charge in [-0.15, -0.1) is 0 Å². The molecular formula is C34H25BrN2O5. The number of halogens is 1. The first-order valence-corrected chi connectivity index (χ1v) is 14.5. The average Bonchev–Trinajstić information content (AvgIpc) is 3.27. The molecule has 0 aromatic heterocycles. The molecule has 2 bridgehead atoms. The van der Waals surface area contributed by atoms with Crippen molar-refractivity contribution in [2.45, 2.75) is 18.8 Å². The maximum absolute atomic E-state index is 14.0. The van der Waals surface area contributed by atoms with E-state index in [-0.39, 0.29) is 29.2 Å². The Morgan fingerprint density at radius 3 is 1.90 bits per heavy atom. The molecule has 2 atom stereocenters. The fourth-order valence-electron chi connectivity index (χ4n) is 6.84. The van der Waals surface area contributed by atoms with Crippen molar-refractivity contribution in [2.24, 2.45) is 11.8 Å². The maximum atomic E-state index is 14.0. The van der Waals surface area contributed by atoms with Gasteiger partial charge < -0.3 is 10.1 Å². The van der Waals surface area contributed by atoms with Gasteiger partial charge in [-0.2, -0.15) is 0 Å². The minimum Gasteiger partial charge on any atom is -0.452 e. The molecule has 3 amide bonds. The molecular weight excluding hydrogens is 596 g/mol. The molecule has 0 saturated carbocycles. The summed E-state index contributed by atoms with van der Waals surface area (Å²) in [6.45, 7) is 1.42. The number of nitrogens with zero attached hydrogens (tertiary/aromatic N) is 1. The molecule has 4 aromatic carbocycles. The predicted octanol–water partition coefficient (Wildman–Crippen LogP) is 5.95. The monoisotopic (exact) mass is 620 g/mol. The number of anilines is 2. The second-order valence-electron chi connectivity index (χ2n) is 10.9. The second kappa shape index (κ2) is 10.1. The van der Waals surface area contributed by atoms with Crippen LogP contribution in [0.2, 0.25) is 0 Å². The fraction of sp³-hybridized carbons (Fsp3) is 0.176. The van der Waals surface area contributed by atoms with Crippen molar-refractivity contribution in [3.63, 3.8) is 0 Å². The quantitative estimate of drug-likeness (QED) is 0.220. The zero-order chi connectivity index (χ0) is 29.1. The zero-order valence-corrected chi connectivity index (χ0v) is 24.1. The highest BCUT2D eigenvalue weighted by atomic mass is 79.9. The number of esters is 1. The van der Waals surface area contributed by atoms with Crippen LogP contribution in [0.5, 0.6) is 0 Å². The molecule has 1 saturated heterocycles. The summed E-state index contributed by atoms with van der Waals surface area (Å²) >= 11 is 3.42. The van der Waals surface area contributed by atoms with Crippen molar-refractivity contribution in [2.75, 3.05) is 16.8 Å². The van der Waals surface area contributed by atoms with Gasteiger partial charge in [0.05, 0.1) is 23.1 Å². The number of rotatable bonds is 5. The van der Waals surface area contributed by atoms with E-state index in [1.165, 1.54) is 17.0 Å². The van der Waals surface area contributed by atoms with Crippen molar-refractivity contribution in [3.8, 4) is 0 Å². The number of hydrogen-bond donors (Lipinski definition) is 1. The number of carbonyl (C=O) groups excluding carboxylic acids is 4. The molecule has 4 aromatic rings. The third-order valence-electron chi connectivity index (χ3n) is 8.56. The van der Waals surface area contributed by atoms with Crippen LogP contribution in [0.15, 0.2) is 95.5 Å². The third-order valence-corrected chi connectivity index (χ3v) is 9.45. The fourth-order valence-corrected chi connectivity index (χ4v) is 7.08. The van der Waals surface area contributed by atoms with E-state index in [1.54, 1.807) is 24.3 Å². The van der Waals surface area contributed by atoms with Crippen LogP contribution >= 0.6 is 15.9 Å². The summed E-state index contributed by atoms with van der Waals surface area (Å²) in [6.07, 6.45) is 0. The Hall–Kier alpha value is -4.56. The van der Waals surface area contributed by atoms with Gasteiger partial charge in [0.2, 0.25) is 11.8 Å². The van der Waals surface area contributed by atoms with Gasteiger partial charge in [0.25, 0.3) is 5.91 Å². The van der Waals surface area contributed by atoms with E-state index in [0.717, 1.165) is 32.3 Å². The van der Waals surface area contributed by atoms with Crippen molar-refractivity contribution >= 4 is 51.0 Å². The van der Waals surface area contributed by atoms with Gasteiger partial charge in [0.1, 0.15) is 0 Å². The number of ether oxygens (including phenoxy) is 1. The molecule has 0 unspecified atom stereocenters. The average molecular weight is 621 g/mol. The number of amides is 3. The van der Waals surface area contributed by atoms with Gasteiger partial charge in [-0.1, -0.05) is 70.5 Å².